The smallest absolute Gasteiger partial charge is 0.126 e. The van der Waals surface area contributed by atoms with Crippen molar-refractivity contribution in [3.05, 3.63) is 72.6 Å². The summed E-state index contributed by atoms with van der Waals surface area (Å²) in [6.45, 7) is 4.36. The molecule has 6 nitrogen and oxygen atoms in total. The molecule has 2 aromatic carbocycles. The van der Waals surface area contributed by atoms with Crippen LogP contribution in [0.2, 0.25) is 0 Å². The fourth-order valence-corrected chi connectivity index (χ4v) is 5.11. The van der Waals surface area contributed by atoms with E-state index in [0.717, 1.165) is 60.1 Å². The zero-order valence-electron chi connectivity index (χ0n) is 19.0. The van der Waals surface area contributed by atoms with Gasteiger partial charge in [0.1, 0.15) is 11.6 Å². The van der Waals surface area contributed by atoms with E-state index in [1.165, 1.54) is 24.0 Å². The number of H-pyrrole nitrogens is 2. The predicted octanol–water partition coefficient (Wildman–Crippen LogP) is 5.16. The highest BCUT2D eigenvalue weighted by molar-refractivity contribution is 5.71. The van der Waals surface area contributed by atoms with Crippen LogP contribution in [0.3, 0.4) is 0 Å². The minimum Gasteiger partial charge on any atom is -0.341 e. The number of imidazole rings is 2. The second-order valence-corrected chi connectivity index (χ2v) is 9.49. The van der Waals surface area contributed by atoms with E-state index >= 15 is 0 Å². The molecule has 0 amide bonds. The number of hydrogen-bond donors (Lipinski definition) is 4. The minimum absolute atomic E-state index is 0.0387. The molecule has 6 heteroatoms. The summed E-state index contributed by atoms with van der Waals surface area (Å²) < 4.78 is 0. The average molecular weight is 439 g/mol. The second-order valence-electron chi connectivity index (χ2n) is 9.49. The molecule has 0 radical (unpaired) electrons. The van der Waals surface area contributed by atoms with Crippen molar-refractivity contribution in [2.45, 2.75) is 44.2 Å². The molecule has 6 rings (SSSR count). The molecule has 0 unspecified atom stereocenters. The van der Waals surface area contributed by atoms with Crippen molar-refractivity contribution in [3.8, 4) is 33.6 Å². The molecule has 4 N–H and O–H groups in total. The first-order valence-electron chi connectivity index (χ1n) is 12.0. The van der Waals surface area contributed by atoms with Crippen LogP contribution in [0.4, 0.5) is 0 Å². The van der Waals surface area contributed by atoms with Crippen LogP contribution < -0.4 is 10.6 Å². The Hall–Kier alpha value is -3.22. The summed E-state index contributed by atoms with van der Waals surface area (Å²) in [7, 11) is 0. The van der Waals surface area contributed by atoms with Gasteiger partial charge in [0.05, 0.1) is 35.4 Å². The van der Waals surface area contributed by atoms with Crippen LogP contribution in [-0.2, 0) is 5.54 Å². The highest BCUT2D eigenvalue weighted by Crippen LogP contribution is 2.31. The summed E-state index contributed by atoms with van der Waals surface area (Å²) in [4.78, 5) is 16.3. The van der Waals surface area contributed by atoms with Crippen molar-refractivity contribution in [1.82, 2.24) is 30.6 Å². The number of rotatable bonds is 5. The first-order valence-corrected chi connectivity index (χ1v) is 12.0. The van der Waals surface area contributed by atoms with Gasteiger partial charge >= 0.3 is 0 Å². The van der Waals surface area contributed by atoms with Crippen LogP contribution in [0.25, 0.3) is 33.6 Å². The molecule has 2 aliphatic heterocycles. The fourth-order valence-electron chi connectivity index (χ4n) is 5.11. The van der Waals surface area contributed by atoms with Gasteiger partial charge in [-0.05, 0) is 68.0 Å². The molecule has 0 aliphatic carbocycles. The summed E-state index contributed by atoms with van der Waals surface area (Å²) in [6.07, 6.45) is 8.57. The topological polar surface area (TPSA) is 81.4 Å². The van der Waals surface area contributed by atoms with Crippen LogP contribution in [-0.4, -0.2) is 33.0 Å². The van der Waals surface area contributed by atoms with Gasteiger partial charge < -0.3 is 20.6 Å². The first-order chi connectivity index (χ1) is 16.2. The Labute approximate surface area is 194 Å². The highest BCUT2D eigenvalue weighted by Gasteiger charge is 2.32. The Morgan fingerprint density at radius 1 is 0.758 bits per heavy atom. The third kappa shape index (κ3) is 3.90. The van der Waals surface area contributed by atoms with Gasteiger partial charge in [0.2, 0.25) is 0 Å². The number of aromatic amines is 2. The van der Waals surface area contributed by atoms with Crippen LogP contribution in [0.15, 0.2) is 60.9 Å². The molecule has 4 aromatic rings. The van der Waals surface area contributed by atoms with E-state index in [1.54, 1.807) is 0 Å². The third-order valence-corrected chi connectivity index (χ3v) is 7.18. The van der Waals surface area contributed by atoms with E-state index in [1.807, 2.05) is 12.4 Å². The lowest BCUT2D eigenvalue weighted by Crippen LogP contribution is -2.34. The SMILES string of the molecule is C[C@]1(c2ncc(-c3ccc(-c4ccc(-c5cnc([C@@H]6CCCN6)[nH]5)cc4)cc3)[nH]2)CCCN1. The van der Waals surface area contributed by atoms with E-state index in [9.17, 15) is 0 Å². The molecule has 0 bridgehead atoms. The maximum Gasteiger partial charge on any atom is 0.126 e. The van der Waals surface area contributed by atoms with Crippen LogP contribution >= 0.6 is 0 Å². The van der Waals surface area contributed by atoms with E-state index in [-0.39, 0.29) is 5.54 Å². The summed E-state index contributed by atoms with van der Waals surface area (Å²) in [5, 5.41) is 7.07. The van der Waals surface area contributed by atoms with Gasteiger partial charge in [-0.25, -0.2) is 9.97 Å². The van der Waals surface area contributed by atoms with E-state index < -0.39 is 0 Å². The molecule has 2 aromatic heterocycles. The van der Waals surface area contributed by atoms with Crippen molar-refractivity contribution < 1.29 is 0 Å². The monoisotopic (exact) mass is 438 g/mol. The summed E-state index contributed by atoms with van der Waals surface area (Å²) in [5.41, 5.74) is 6.82. The van der Waals surface area contributed by atoms with Gasteiger partial charge in [-0.15, -0.1) is 0 Å². The average Bonchev–Trinajstić information content (AvgIpc) is 3.66. The lowest BCUT2D eigenvalue weighted by atomic mass is 10.00. The number of nitrogens with one attached hydrogen (secondary N) is 4. The van der Waals surface area contributed by atoms with E-state index in [2.05, 4.69) is 86.0 Å². The standard InChI is InChI=1S/C27H30N6/c1-27(13-3-15-31-27)26-30-17-24(33-26)21-11-7-19(8-12-21)18-5-9-20(10-6-18)23-16-29-25(32-23)22-4-2-14-28-22/h5-12,16-17,22,28,31H,2-4,13-15H2,1H3,(H,29,32)(H,30,33)/t22-,27+/m0/s1. The van der Waals surface area contributed by atoms with Crippen LogP contribution in [0.1, 0.15) is 50.3 Å². The molecule has 0 saturated carbocycles. The lowest BCUT2D eigenvalue weighted by Gasteiger charge is -2.21. The Morgan fingerprint density at radius 3 is 2.00 bits per heavy atom. The van der Waals surface area contributed by atoms with Crippen molar-refractivity contribution in [3.63, 3.8) is 0 Å². The Kier molecular flexibility index (Phi) is 5.12. The largest absolute Gasteiger partial charge is 0.341 e. The normalized spacial score (nSPS) is 22.8. The third-order valence-electron chi connectivity index (χ3n) is 7.18. The first kappa shape index (κ1) is 20.4. The minimum atomic E-state index is -0.0387. The van der Waals surface area contributed by atoms with Gasteiger partial charge in [0.25, 0.3) is 0 Å². The molecule has 2 saturated heterocycles. The molecule has 4 heterocycles. The summed E-state index contributed by atoms with van der Waals surface area (Å²) in [6, 6.07) is 17.7. The summed E-state index contributed by atoms with van der Waals surface area (Å²) in [5.74, 6) is 2.07. The van der Waals surface area contributed by atoms with E-state index in [0.29, 0.717) is 6.04 Å². The number of hydrogen-bond acceptors (Lipinski definition) is 4. The van der Waals surface area contributed by atoms with Gasteiger partial charge in [-0.3, -0.25) is 0 Å². The zero-order chi connectivity index (χ0) is 22.3. The van der Waals surface area contributed by atoms with Crippen molar-refractivity contribution in [2.75, 3.05) is 13.1 Å². The number of nitrogens with zero attached hydrogens (tertiary/aromatic N) is 2. The summed E-state index contributed by atoms with van der Waals surface area (Å²) >= 11 is 0. The quantitative estimate of drug-likeness (QED) is 0.347. The number of benzene rings is 2. The van der Waals surface area contributed by atoms with Crippen molar-refractivity contribution >= 4 is 0 Å². The Morgan fingerprint density at radius 2 is 1.39 bits per heavy atom. The number of aromatic nitrogens is 4. The van der Waals surface area contributed by atoms with Crippen molar-refractivity contribution in [1.29, 1.82) is 0 Å². The molecule has 33 heavy (non-hydrogen) atoms. The molecule has 0 spiro atoms. The molecule has 168 valence electrons. The molecule has 2 fully saturated rings. The predicted molar refractivity (Wildman–Crippen MR) is 132 cm³/mol. The van der Waals surface area contributed by atoms with Gasteiger partial charge in [-0.2, -0.15) is 0 Å². The van der Waals surface area contributed by atoms with Crippen molar-refractivity contribution in [2.24, 2.45) is 0 Å². The maximum absolute atomic E-state index is 4.66. The zero-order valence-corrected chi connectivity index (χ0v) is 19.0. The molecule has 2 atom stereocenters. The molecule has 2 aliphatic rings. The fraction of sp³-hybridized carbons (Fsp3) is 0.333. The van der Waals surface area contributed by atoms with Gasteiger partial charge in [0.15, 0.2) is 0 Å². The van der Waals surface area contributed by atoms with Crippen LogP contribution in [0.5, 0.6) is 0 Å². The highest BCUT2D eigenvalue weighted by atomic mass is 15.1. The molecular weight excluding hydrogens is 408 g/mol. The Balaban J connectivity index is 1.18. The Bertz CT molecular complexity index is 1220. The van der Waals surface area contributed by atoms with Crippen LogP contribution in [0, 0.1) is 0 Å². The lowest BCUT2D eigenvalue weighted by molar-refractivity contribution is 0.411. The molecular formula is C27H30N6. The van der Waals surface area contributed by atoms with E-state index in [4.69, 9.17) is 0 Å². The maximum atomic E-state index is 4.66. The van der Waals surface area contributed by atoms with Gasteiger partial charge in [0, 0.05) is 0 Å². The second kappa shape index (κ2) is 8.28. The van der Waals surface area contributed by atoms with Gasteiger partial charge in [-0.1, -0.05) is 48.5 Å².